The summed E-state index contributed by atoms with van der Waals surface area (Å²) in [6.45, 7) is 0.452. The van der Waals surface area contributed by atoms with Crippen LogP contribution in [0.25, 0.3) is 11.5 Å². The van der Waals surface area contributed by atoms with Gasteiger partial charge in [0.05, 0.1) is 31.2 Å². The van der Waals surface area contributed by atoms with Crippen molar-refractivity contribution in [3.8, 4) is 23.0 Å². The van der Waals surface area contributed by atoms with Gasteiger partial charge in [0, 0.05) is 10.1 Å². The molecule has 35 heavy (non-hydrogen) atoms. The van der Waals surface area contributed by atoms with E-state index < -0.39 is 17.5 Å². The summed E-state index contributed by atoms with van der Waals surface area (Å²) in [7, 11) is 3.13. The van der Waals surface area contributed by atoms with Crippen molar-refractivity contribution in [3.63, 3.8) is 0 Å². The van der Waals surface area contributed by atoms with Gasteiger partial charge in [0.1, 0.15) is 5.82 Å². The molecule has 182 valence electrons. The molecule has 0 unspecified atom stereocenters. The molecule has 4 aromatic rings. The Labute approximate surface area is 212 Å². The van der Waals surface area contributed by atoms with Crippen molar-refractivity contribution in [1.29, 1.82) is 0 Å². The third kappa shape index (κ3) is 5.61. The summed E-state index contributed by atoms with van der Waals surface area (Å²) in [4.78, 5) is 0. The van der Waals surface area contributed by atoms with Crippen molar-refractivity contribution in [2.45, 2.75) is 6.42 Å². The minimum atomic E-state index is -1.19. The first-order valence-corrected chi connectivity index (χ1v) is 11.5. The standard InChI is InChI=1S/C24H20F3IN4O3/c1-33-19-8-3-13(11-20(19)34-2)9-10-29-24-32-31-23(35-24)15-5-6-16(25)21(27)22(15)30-18-7-4-14(28)12-17(18)26/h3-8,11-12,30H,9-10H2,1-2H3,(H,29,32). The quantitative estimate of drug-likeness (QED) is 0.224. The molecule has 0 fully saturated rings. The molecule has 0 amide bonds. The van der Waals surface area contributed by atoms with E-state index in [-0.39, 0.29) is 28.8 Å². The zero-order valence-corrected chi connectivity index (χ0v) is 20.8. The first kappa shape index (κ1) is 24.6. The normalized spacial score (nSPS) is 10.8. The van der Waals surface area contributed by atoms with Gasteiger partial charge < -0.3 is 24.5 Å². The van der Waals surface area contributed by atoms with E-state index in [0.29, 0.717) is 28.0 Å². The van der Waals surface area contributed by atoms with Crippen LogP contribution >= 0.6 is 22.6 Å². The fourth-order valence-corrected chi connectivity index (χ4v) is 3.78. The molecule has 1 aromatic heterocycles. The lowest BCUT2D eigenvalue weighted by Gasteiger charge is -2.12. The van der Waals surface area contributed by atoms with Crippen LogP contribution in [-0.2, 0) is 6.42 Å². The number of hydrogen-bond donors (Lipinski definition) is 2. The van der Waals surface area contributed by atoms with E-state index in [1.54, 1.807) is 20.3 Å². The number of methoxy groups -OCH3 is 2. The first-order valence-electron chi connectivity index (χ1n) is 10.4. The summed E-state index contributed by atoms with van der Waals surface area (Å²) in [5.41, 5.74) is 0.735. The fraction of sp³-hybridized carbons (Fsp3) is 0.167. The monoisotopic (exact) mass is 596 g/mol. The van der Waals surface area contributed by atoms with E-state index in [1.165, 1.54) is 18.2 Å². The van der Waals surface area contributed by atoms with Crippen LogP contribution < -0.4 is 20.1 Å². The Balaban J connectivity index is 1.51. The van der Waals surface area contributed by atoms with Crippen LogP contribution in [0.15, 0.2) is 52.9 Å². The Morgan fingerprint density at radius 2 is 1.71 bits per heavy atom. The molecule has 0 aliphatic carbocycles. The molecule has 0 spiro atoms. The Bertz CT molecular complexity index is 1350. The van der Waals surface area contributed by atoms with Gasteiger partial charge >= 0.3 is 6.01 Å². The maximum atomic E-state index is 14.7. The molecule has 0 saturated heterocycles. The lowest BCUT2D eigenvalue weighted by molar-refractivity contribution is 0.354. The van der Waals surface area contributed by atoms with Gasteiger partial charge in [-0.2, -0.15) is 0 Å². The second-order valence-electron chi connectivity index (χ2n) is 7.31. The summed E-state index contributed by atoms with van der Waals surface area (Å²) >= 11 is 1.95. The highest BCUT2D eigenvalue weighted by Gasteiger charge is 2.20. The Hall–Kier alpha value is -3.48. The zero-order chi connectivity index (χ0) is 24.9. The predicted octanol–water partition coefficient (Wildman–Crippen LogP) is 6.17. The van der Waals surface area contributed by atoms with Crippen molar-refractivity contribution in [2.24, 2.45) is 0 Å². The van der Waals surface area contributed by atoms with E-state index in [2.05, 4.69) is 20.8 Å². The third-order valence-corrected chi connectivity index (χ3v) is 5.75. The predicted molar refractivity (Wildman–Crippen MR) is 134 cm³/mol. The number of nitrogens with one attached hydrogen (secondary N) is 2. The minimum absolute atomic E-state index is 0.0241. The lowest BCUT2D eigenvalue weighted by Crippen LogP contribution is -2.05. The smallest absolute Gasteiger partial charge is 0.315 e. The largest absolute Gasteiger partial charge is 0.493 e. The van der Waals surface area contributed by atoms with Gasteiger partial charge in [-0.1, -0.05) is 11.2 Å². The molecule has 0 aliphatic heterocycles. The molecule has 0 atom stereocenters. The minimum Gasteiger partial charge on any atom is -0.493 e. The summed E-state index contributed by atoms with van der Waals surface area (Å²) < 4.78 is 59.8. The highest BCUT2D eigenvalue weighted by atomic mass is 127. The lowest BCUT2D eigenvalue weighted by atomic mass is 10.1. The van der Waals surface area contributed by atoms with Gasteiger partial charge in [-0.05, 0) is 77.0 Å². The van der Waals surface area contributed by atoms with Crippen molar-refractivity contribution < 1.29 is 27.1 Å². The summed E-state index contributed by atoms with van der Waals surface area (Å²) in [5, 5.41) is 13.5. The Kier molecular flexibility index (Phi) is 7.63. The summed E-state index contributed by atoms with van der Waals surface area (Å²) in [6.07, 6.45) is 0.613. The number of hydrogen-bond acceptors (Lipinski definition) is 7. The summed E-state index contributed by atoms with van der Waals surface area (Å²) in [6, 6.07) is 12.2. The highest BCUT2D eigenvalue weighted by molar-refractivity contribution is 14.1. The van der Waals surface area contributed by atoms with Gasteiger partial charge in [-0.15, -0.1) is 5.10 Å². The maximum Gasteiger partial charge on any atom is 0.315 e. The Morgan fingerprint density at radius 1 is 0.914 bits per heavy atom. The fourth-order valence-electron chi connectivity index (χ4n) is 3.33. The van der Waals surface area contributed by atoms with Crippen LogP contribution in [0.3, 0.4) is 0 Å². The van der Waals surface area contributed by atoms with Crippen LogP contribution in [0.1, 0.15) is 5.56 Å². The van der Waals surface area contributed by atoms with Crippen LogP contribution in [0, 0.1) is 21.0 Å². The number of ether oxygens (including phenoxy) is 2. The number of anilines is 3. The van der Waals surface area contributed by atoms with E-state index >= 15 is 0 Å². The van der Waals surface area contributed by atoms with Crippen LogP contribution in [0.5, 0.6) is 11.5 Å². The molecule has 0 radical (unpaired) electrons. The average molecular weight is 596 g/mol. The molecule has 3 aromatic carbocycles. The van der Waals surface area contributed by atoms with Gasteiger partial charge in [-0.25, -0.2) is 13.2 Å². The second kappa shape index (κ2) is 10.8. The van der Waals surface area contributed by atoms with Gasteiger partial charge in [0.25, 0.3) is 5.89 Å². The molecule has 2 N–H and O–H groups in total. The molecule has 0 bridgehead atoms. The molecule has 11 heteroatoms. The number of nitrogens with zero attached hydrogens (tertiary/aromatic N) is 2. The number of benzene rings is 3. The summed E-state index contributed by atoms with van der Waals surface area (Å²) in [5.74, 6) is -1.73. The molecular formula is C24H20F3IN4O3. The van der Waals surface area contributed by atoms with E-state index in [4.69, 9.17) is 13.9 Å². The van der Waals surface area contributed by atoms with Gasteiger partial charge in [0.2, 0.25) is 0 Å². The van der Waals surface area contributed by atoms with Crippen LogP contribution in [0.2, 0.25) is 0 Å². The van der Waals surface area contributed by atoms with Gasteiger partial charge in [-0.3, -0.25) is 0 Å². The highest BCUT2D eigenvalue weighted by Crippen LogP contribution is 2.35. The van der Waals surface area contributed by atoms with E-state index in [0.717, 1.165) is 11.6 Å². The van der Waals surface area contributed by atoms with E-state index in [9.17, 15) is 13.2 Å². The molecule has 0 saturated carbocycles. The number of aromatic nitrogens is 2. The van der Waals surface area contributed by atoms with Crippen molar-refractivity contribution >= 4 is 40.0 Å². The Morgan fingerprint density at radius 3 is 2.46 bits per heavy atom. The SMILES string of the molecule is COc1ccc(CCNc2nnc(-c3ccc(F)c(F)c3Nc3ccc(I)cc3F)o2)cc1OC. The maximum absolute atomic E-state index is 14.7. The average Bonchev–Trinajstić information content (AvgIpc) is 3.32. The van der Waals surface area contributed by atoms with Crippen molar-refractivity contribution in [2.75, 3.05) is 31.4 Å². The topological polar surface area (TPSA) is 81.4 Å². The number of rotatable bonds is 9. The van der Waals surface area contributed by atoms with Crippen molar-refractivity contribution in [1.82, 2.24) is 10.2 Å². The van der Waals surface area contributed by atoms with Crippen LogP contribution in [0.4, 0.5) is 30.6 Å². The van der Waals surface area contributed by atoms with Crippen molar-refractivity contribution in [3.05, 3.63) is 75.1 Å². The molecule has 1 heterocycles. The molecular weight excluding hydrogens is 576 g/mol. The zero-order valence-electron chi connectivity index (χ0n) is 18.7. The first-order chi connectivity index (χ1) is 16.9. The number of halogens is 4. The second-order valence-corrected chi connectivity index (χ2v) is 8.56. The molecule has 4 rings (SSSR count). The van der Waals surface area contributed by atoms with E-state index in [1.807, 2.05) is 40.8 Å². The van der Waals surface area contributed by atoms with Gasteiger partial charge in [0.15, 0.2) is 23.1 Å². The molecule has 0 aliphatic rings. The van der Waals surface area contributed by atoms with Crippen LogP contribution in [-0.4, -0.2) is 31.0 Å². The molecule has 7 nitrogen and oxygen atoms in total. The third-order valence-electron chi connectivity index (χ3n) is 5.08.